The highest BCUT2D eigenvalue weighted by molar-refractivity contribution is 7.97. The van der Waals surface area contributed by atoms with Gasteiger partial charge in [-0.3, -0.25) is 4.55 Å². The summed E-state index contributed by atoms with van der Waals surface area (Å²) in [5, 5.41) is -4.45. The van der Waals surface area contributed by atoms with Gasteiger partial charge in [-0.1, -0.05) is 44.2 Å². The third-order valence-corrected chi connectivity index (χ3v) is 10.3. The normalized spacial score (nSPS) is 21.1. The lowest BCUT2D eigenvalue weighted by atomic mass is 9.82. The molecule has 0 aromatic heterocycles. The molecule has 0 aliphatic carbocycles. The van der Waals surface area contributed by atoms with Gasteiger partial charge in [-0.2, -0.15) is 17.2 Å². The van der Waals surface area contributed by atoms with Gasteiger partial charge < -0.3 is 14.2 Å². The summed E-state index contributed by atoms with van der Waals surface area (Å²) < 4.78 is 76.7. The summed E-state index contributed by atoms with van der Waals surface area (Å²) in [5.74, 6) is 0.243. The van der Waals surface area contributed by atoms with Crippen molar-refractivity contribution in [2.45, 2.75) is 71.9 Å². The van der Waals surface area contributed by atoms with Crippen molar-refractivity contribution in [2.24, 2.45) is 5.92 Å². The molecule has 3 unspecified atom stereocenters. The monoisotopic (exact) mass is 593 g/mol. The van der Waals surface area contributed by atoms with Gasteiger partial charge in [-0.05, 0) is 80.8 Å². The van der Waals surface area contributed by atoms with Crippen LogP contribution in [0.2, 0.25) is 0 Å². The van der Waals surface area contributed by atoms with Crippen molar-refractivity contribution in [2.75, 3.05) is 13.2 Å². The lowest BCUT2D eigenvalue weighted by molar-refractivity contribution is -0.244. The summed E-state index contributed by atoms with van der Waals surface area (Å²) in [6.07, 6.45) is -2.09. The van der Waals surface area contributed by atoms with Gasteiger partial charge in [0.2, 0.25) is 0 Å². The number of hydrogen-bond donors (Lipinski definition) is 1. The fraction of sp³-hybridized carbons (Fsp3) is 0.400. The summed E-state index contributed by atoms with van der Waals surface area (Å²) in [6, 6.07) is 24.8. The fourth-order valence-electron chi connectivity index (χ4n) is 4.50. The molecule has 1 aliphatic heterocycles. The number of ether oxygens (including phenoxy) is 3. The van der Waals surface area contributed by atoms with Crippen LogP contribution in [0, 0.1) is 5.92 Å². The molecule has 6 nitrogen and oxygen atoms in total. The molecule has 0 bridgehead atoms. The molecule has 1 saturated heterocycles. The third kappa shape index (κ3) is 6.21. The lowest BCUT2D eigenvalue weighted by Gasteiger charge is -2.46. The largest absolute Gasteiger partial charge is 0.483 e. The Morgan fingerprint density at radius 2 is 1.38 bits per heavy atom. The highest BCUT2D eigenvalue weighted by atomic mass is 32.2. The van der Waals surface area contributed by atoms with Gasteiger partial charge in [-0.15, -0.1) is 0 Å². The summed E-state index contributed by atoms with van der Waals surface area (Å²) in [6.45, 7) is 10.1. The second-order valence-corrected chi connectivity index (χ2v) is 14.3. The van der Waals surface area contributed by atoms with Crippen molar-refractivity contribution >= 4 is 21.0 Å². The van der Waals surface area contributed by atoms with Crippen LogP contribution in [-0.4, -0.2) is 43.1 Å². The first-order valence-electron chi connectivity index (χ1n) is 13.0. The number of alkyl halides is 2. The summed E-state index contributed by atoms with van der Waals surface area (Å²) in [5.41, 5.74) is 0.142. The molecule has 0 spiro atoms. The van der Waals surface area contributed by atoms with E-state index in [1.54, 1.807) is 12.1 Å². The zero-order valence-corrected chi connectivity index (χ0v) is 24.8. The smallest absolute Gasteiger partial charge is 0.405 e. The molecule has 0 amide bonds. The highest BCUT2D eigenvalue weighted by Gasteiger charge is 2.51. The van der Waals surface area contributed by atoms with Gasteiger partial charge in [0.05, 0.1) is 29.7 Å². The SMILES string of the molecule is CC(C)C1(c2ccc([S+](c3ccccc3)c3ccc(OC(C)C(F)(F)S(=O)(=O)O)cc3)cc2)COC(C)(C)CO1. The highest BCUT2D eigenvalue weighted by Crippen LogP contribution is 2.41. The Bertz CT molecular complexity index is 1380. The first-order chi connectivity index (χ1) is 18.7. The quantitative estimate of drug-likeness (QED) is 0.220. The van der Waals surface area contributed by atoms with E-state index in [9.17, 15) is 17.2 Å². The van der Waals surface area contributed by atoms with E-state index in [2.05, 4.69) is 38.1 Å². The molecule has 0 radical (unpaired) electrons. The summed E-state index contributed by atoms with van der Waals surface area (Å²) in [7, 11) is -6.14. The van der Waals surface area contributed by atoms with Crippen molar-refractivity contribution in [1.82, 2.24) is 0 Å². The van der Waals surface area contributed by atoms with Gasteiger partial charge in [-0.25, -0.2) is 0 Å². The number of hydrogen-bond acceptors (Lipinski definition) is 5. The molecule has 1 N–H and O–H groups in total. The van der Waals surface area contributed by atoms with Crippen LogP contribution in [0.25, 0.3) is 0 Å². The van der Waals surface area contributed by atoms with Gasteiger partial charge in [0.25, 0.3) is 0 Å². The van der Waals surface area contributed by atoms with Crippen molar-refractivity contribution in [1.29, 1.82) is 0 Å². The van der Waals surface area contributed by atoms with E-state index in [1.165, 1.54) is 12.1 Å². The van der Waals surface area contributed by atoms with Gasteiger partial charge >= 0.3 is 15.4 Å². The van der Waals surface area contributed by atoms with Crippen LogP contribution in [0.3, 0.4) is 0 Å². The number of halogens is 2. The Labute approximate surface area is 237 Å². The number of rotatable bonds is 9. The van der Waals surface area contributed by atoms with Crippen LogP contribution in [0.5, 0.6) is 5.75 Å². The van der Waals surface area contributed by atoms with Crippen LogP contribution < -0.4 is 4.74 Å². The molecule has 40 heavy (non-hydrogen) atoms. The Morgan fingerprint density at radius 3 is 1.85 bits per heavy atom. The maximum atomic E-state index is 14.0. The molecule has 3 aromatic carbocycles. The maximum Gasteiger partial charge on any atom is 0.405 e. The minimum atomic E-state index is -5.62. The maximum absolute atomic E-state index is 14.0. The Morgan fingerprint density at radius 1 is 0.850 bits per heavy atom. The van der Waals surface area contributed by atoms with Gasteiger partial charge in [0, 0.05) is 0 Å². The molecule has 3 aromatic rings. The van der Waals surface area contributed by atoms with E-state index in [-0.39, 0.29) is 17.3 Å². The molecule has 4 rings (SSSR count). The molecule has 3 atom stereocenters. The molecule has 10 heteroatoms. The van der Waals surface area contributed by atoms with E-state index in [0.717, 1.165) is 27.2 Å². The summed E-state index contributed by atoms with van der Waals surface area (Å²) in [4.78, 5) is 3.02. The Balaban J connectivity index is 1.64. The van der Waals surface area contributed by atoms with Gasteiger partial charge in [0.1, 0.15) is 11.4 Å². The van der Waals surface area contributed by atoms with Crippen molar-refractivity contribution in [3.05, 3.63) is 84.4 Å². The van der Waals surface area contributed by atoms with E-state index >= 15 is 0 Å². The average molecular weight is 594 g/mol. The van der Waals surface area contributed by atoms with Crippen molar-refractivity contribution in [3.8, 4) is 5.75 Å². The second-order valence-electron chi connectivity index (χ2n) is 10.8. The van der Waals surface area contributed by atoms with E-state index in [1.807, 2.05) is 44.2 Å². The van der Waals surface area contributed by atoms with Crippen LogP contribution >= 0.6 is 0 Å². The van der Waals surface area contributed by atoms with Crippen LogP contribution in [0.1, 0.15) is 40.2 Å². The standard InChI is InChI=1S/C30H34F2O6S2/c1-21(2)29(20-36-28(4,5)19-37-29)23-11-15-26(16-12-23)39(25-9-7-6-8-10-25)27-17-13-24(14-18-27)38-22(3)30(31,32)40(33,34)35/h6-18,21-22H,19-20H2,1-5H3/p+1. The Kier molecular flexibility index (Phi) is 8.69. The van der Waals surface area contributed by atoms with E-state index in [4.69, 9.17) is 18.8 Å². The predicted octanol–water partition coefficient (Wildman–Crippen LogP) is 6.71. The molecule has 216 valence electrons. The van der Waals surface area contributed by atoms with E-state index < -0.39 is 38.0 Å². The summed E-state index contributed by atoms with van der Waals surface area (Å²) >= 11 is 0. The molecule has 1 fully saturated rings. The minimum absolute atomic E-state index is 0.0581. The number of benzene rings is 3. The zero-order chi connectivity index (χ0) is 29.3. The molecular formula is C30H35F2O6S2+. The van der Waals surface area contributed by atoms with E-state index in [0.29, 0.717) is 13.2 Å². The lowest BCUT2D eigenvalue weighted by Crippen LogP contribution is -2.51. The first kappa shape index (κ1) is 30.5. The predicted molar refractivity (Wildman–Crippen MR) is 151 cm³/mol. The molecule has 0 saturated carbocycles. The minimum Gasteiger partial charge on any atom is -0.483 e. The average Bonchev–Trinajstić information content (AvgIpc) is 2.90. The van der Waals surface area contributed by atoms with Crippen LogP contribution in [-0.2, 0) is 36.1 Å². The first-order valence-corrected chi connectivity index (χ1v) is 15.6. The molecule has 1 heterocycles. The zero-order valence-electron chi connectivity index (χ0n) is 23.1. The van der Waals surface area contributed by atoms with Gasteiger partial charge in [0.15, 0.2) is 20.8 Å². The Hall–Kier alpha value is -2.50. The van der Waals surface area contributed by atoms with Crippen LogP contribution in [0.15, 0.2) is 93.5 Å². The molecular weight excluding hydrogens is 558 g/mol. The second kappa shape index (κ2) is 11.4. The molecule has 1 aliphatic rings. The van der Waals surface area contributed by atoms with Crippen molar-refractivity contribution < 1.29 is 36.0 Å². The third-order valence-electron chi connectivity index (χ3n) is 7.03. The fourth-order valence-corrected chi connectivity index (χ4v) is 7.03. The topological polar surface area (TPSA) is 82.1 Å². The van der Waals surface area contributed by atoms with Crippen molar-refractivity contribution in [3.63, 3.8) is 0 Å². The van der Waals surface area contributed by atoms with Crippen LogP contribution in [0.4, 0.5) is 8.78 Å².